The lowest BCUT2D eigenvalue weighted by molar-refractivity contribution is -0.129. The van der Waals surface area contributed by atoms with Crippen molar-refractivity contribution in [1.82, 2.24) is 23.9 Å². The minimum atomic E-state index is -0.435. The van der Waals surface area contributed by atoms with Gasteiger partial charge < -0.3 is 14.4 Å². The molecule has 2 aromatic heterocycles. The summed E-state index contributed by atoms with van der Waals surface area (Å²) in [5.74, 6) is -0.803. The molecule has 2 aliphatic rings. The summed E-state index contributed by atoms with van der Waals surface area (Å²) < 4.78 is 16.8. The quantitative estimate of drug-likeness (QED) is 0.614. The van der Waals surface area contributed by atoms with E-state index in [1.165, 1.54) is 35.8 Å². The number of fused-ring (bicyclic) bond motifs is 2. The number of hydrogen-bond donors (Lipinski definition) is 0. The summed E-state index contributed by atoms with van der Waals surface area (Å²) in [6, 6.07) is 5.55. The Morgan fingerprint density at radius 2 is 1.81 bits per heavy atom. The number of imidazole rings is 1. The highest BCUT2D eigenvalue weighted by atomic mass is 19.1. The number of benzene rings is 1. The van der Waals surface area contributed by atoms with Crippen LogP contribution in [0.4, 0.5) is 4.39 Å². The molecule has 0 saturated carbocycles. The zero-order valence-electron chi connectivity index (χ0n) is 17.6. The van der Waals surface area contributed by atoms with Crippen LogP contribution in [0.25, 0.3) is 5.69 Å². The Morgan fingerprint density at radius 1 is 1.03 bits per heavy atom. The van der Waals surface area contributed by atoms with Gasteiger partial charge in [0.25, 0.3) is 11.5 Å². The van der Waals surface area contributed by atoms with Crippen molar-refractivity contribution in [3.8, 4) is 5.69 Å². The number of aromatic nitrogens is 3. The zero-order chi connectivity index (χ0) is 22.4. The number of nitrogens with zero attached hydrogens (tertiary/aromatic N) is 5. The third-order valence-corrected chi connectivity index (χ3v) is 6.21. The summed E-state index contributed by atoms with van der Waals surface area (Å²) in [7, 11) is 0. The lowest BCUT2D eigenvalue weighted by Gasteiger charge is -2.32. The molecule has 32 heavy (non-hydrogen) atoms. The van der Waals surface area contributed by atoms with Gasteiger partial charge in [-0.1, -0.05) is 0 Å². The van der Waals surface area contributed by atoms with Crippen molar-refractivity contribution in [3.63, 3.8) is 0 Å². The van der Waals surface area contributed by atoms with Gasteiger partial charge in [-0.15, -0.1) is 0 Å². The minimum absolute atomic E-state index is 0.0626. The topological polar surface area (TPSA) is 80.4 Å². The number of amides is 2. The van der Waals surface area contributed by atoms with Crippen LogP contribution in [0.2, 0.25) is 0 Å². The molecule has 9 heteroatoms. The van der Waals surface area contributed by atoms with E-state index in [9.17, 15) is 18.8 Å². The number of pyridine rings is 1. The molecule has 0 bridgehead atoms. The van der Waals surface area contributed by atoms with Crippen LogP contribution >= 0.6 is 0 Å². The Bertz CT molecular complexity index is 1280. The molecule has 1 aromatic carbocycles. The maximum Gasteiger partial charge on any atom is 0.268 e. The molecular weight excluding hydrogens is 413 g/mol. The fraction of sp³-hybridized carbons (Fsp3) is 0.304. The van der Waals surface area contributed by atoms with Crippen molar-refractivity contribution in [3.05, 3.63) is 81.5 Å². The van der Waals surface area contributed by atoms with E-state index in [4.69, 9.17) is 0 Å². The summed E-state index contributed by atoms with van der Waals surface area (Å²) in [6.45, 7) is 3.73. The van der Waals surface area contributed by atoms with Gasteiger partial charge in [0.15, 0.2) is 0 Å². The molecule has 0 saturated heterocycles. The molecule has 2 aliphatic heterocycles. The average molecular weight is 435 g/mol. The van der Waals surface area contributed by atoms with E-state index < -0.39 is 11.4 Å². The van der Waals surface area contributed by atoms with Gasteiger partial charge in [0, 0.05) is 51.2 Å². The van der Waals surface area contributed by atoms with Gasteiger partial charge in [0.2, 0.25) is 5.91 Å². The molecule has 5 rings (SSSR count). The minimum Gasteiger partial charge on any atom is -0.338 e. The molecule has 0 fully saturated rings. The van der Waals surface area contributed by atoms with Gasteiger partial charge in [-0.2, -0.15) is 0 Å². The largest absolute Gasteiger partial charge is 0.338 e. The van der Waals surface area contributed by atoms with Crippen molar-refractivity contribution >= 4 is 11.8 Å². The van der Waals surface area contributed by atoms with Gasteiger partial charge in [0.05, 0.1) is 18.6 Å². The van der Waals surface area contributed by atoms with Crippen LogP contribution in [-0.4, -0.2) is 48.8 Å². The van der Waals surface area contributed by atoms with Crippen molar-refractivity contribution in [2.45, 2.75) is 33.0 Å². The molecule has 0 radical (unpaired) electrons. The van der Waals surface area contributed by atoms with Crippen molar-refractivity contribution < 1.29 is 14.0 Å². The van der Waals surface area contributed by atoms with E-state index in [-0.39, 0.29) is 17.4 Å². The fourth-order valence-electron chi connectivity index (χ4n) is 4.45. The summed E-state index contributed by atoms with van der Waals surface area (Å²) >= 11 is 0. The molecule has 0 atom stereocenters. The van der Waals surface area contributed by atoms with E-state index >= 15 is 0 Å². The first-order valence-corrected chi connectivity index (χ1v) is 10.5. The molecule has 0 N–H and O–H groups in total. The normalized spacial score (nSPS) is 15.3. The number of rotatable bonds is 2. The standard InChI is InChI=1S/C23H22FN5O3/c1-15(30)26-7-6-20-16(11-26)12-29(18-4-2-17(24)3-5-18)23(32)21(20)22(31)27-8-9-28-14-25-10-19(28)13-27/h2-5,10,12,14H,6-9,11,13H2,1H3. The van der Waals surface area contributed by atoms with E-state index in [1.807, 2.05) is 4.57 Å². The number of halogens is 1. The maximum atomic E-state index is 13.6. The number of carbonyl (C=O) groups excluding carboxylic acids is 2. The third kappa shape index (κ3) is 3.39. The number of hydrogen-bond acceptors (Lipinski definition) is 4. The molecule has 2 amide bonds. The van der Waals surface area contributed by atoms with Crippen LogP contribution in [0.3, 0.4) is 0 Å². The molecule has 0 spiro atoms. The molecule has 4 heterocycles. The Morgan fingerprint density at radius 3 is 2.56 bits per heavy atom. The van der Waals surface area contributed by atoms with Crippen LogP contribution in [0.5, 0.6) is 0 Å². The first-order valence-electron chi connectivity index (χ1n) is 10.5. The predicted octanol–water partition coefficient (Wildman–Crippen LogP) is 1.73. The zero-order valence-corrected chi connectivity index (χ0v) is 17.6. The van der Waals surface area contributed by atoms with Gasteiger partial charge in [-0.05, 0) is 41.8 Å². The first-order chi connectivity index (χ1) is 15.4. The van der Waals surface area contributed by atoms with Crippen molar-refractivity contribution in [2.75, 3.05) is 13.1 Å². The average Bonchev–Trinajstić information content (AvgIpc) is 3.26. The Labute approximate surface area is 183 Å². The monoisotopic (exact) mass is 435 g/mol. The van der Waals surface area contributed by atoms with Gasteiger partial charge in [-0.25, -0.2) is 9.37 Å². The van der Waals surface area contributed by atoms with Crippen LogP contribution in [0.15, 0.2) is 47.8 Å². The molecule has 0 unspecified atom stereocenters. The predicted molar refractivity (Wildman–Crippen MR) is 114 cm³/mol. The van der Waals surface area contributed by atoms with E-state index in [0.29, 0.717) is 50.4 Å². The molecule has 164 valence electrons. The maximum absolute atomic E-state index is 13.6. The van der Waals surface area contributed by atoms with Gasteiger partial charge >= 0.3 is 0 Å². The van der Waals surface area contributed by atoms with Gasteiger partial charge in [-0.3, -0.25) is 19.0 Å². The molecular formula is C23H22FN5O3. The lowest BCUT2D eigenvalue weighted by Crippen LogP contribution is -2.44. The van der Waals surface area contributed by atoms with E-state index in [0.717, 1.165) is 11.3 Å². The molecule has 0 aliphatic carbocycles. The van der Waals surface area contributed by atoms with Crippen LogP contribution < -0.4 is 5.56 Å². The highest BCUT2D eigenvalue weighted by molar-refractivity contribution is 5.96. The summed E-state index contributed by atoms with van der Waals surface area (Å²) in [6.07, 6.45) is 5.56. The third-order valence-electron chi connectivity index (χ3n) is 6.21. The second-order valence-corrected chi connectivity index (χ2v) is 8.16. The van der Waals surface area contributed by atoms with E-state index in [1.54, 1.807) is 28.5 Å². The second kappa shape index (κ2) is 7.74. The summed E-state index contributed by atoms with van der Waals surface area (Å²) in [4.78, 5) is 46.6. The highest BCUT2D eigenvalue weighted by Gasteiger charge is 2.31. The fourth-order valence-corrected chi connectivity index (χ4v) is 4.45. The molecule has 3 aromatic rings. The van der Waals surface area contributed by atoms with Gasteiger partial charge in [0.1, 0.15) is 11.4 Å². The lowest BCUT2D eigenvalue weighted by atomic mass is 9.95. The van der Waals surface area contributed by atoms with Crippen molar-refractivity contribution in [2.24, 2.45) is 0 Å². The Kier molecular flexibility index (Phi) is 4.88. The van der Waals surface area contributed by atoms with Crippen molar-refractivity contribution in [1.29, 1.82) is 0 Å². The Balaban J connectivity index is 1.62. The first kappa shape index (κ1) is 20.2. The smallest absolute Gasteiger partial charge is 0.268 e. The van der Waals surface area contributed by atoms with Crippen LogP contribution in [0.1, 0.15) is 34.1 Å². The highest BCUT2D eigenvalue weighted by Crippen LogP contribution is 2.24. The Hall–Kier alpha value is -3.75. The molecule has 8 nitrogen and oxygen atoms in total. The van der Waals surface area contributed by atoms with Crippen LogP contribution in [0, 0.1) is 5.82 Å². The SMILES string of the molecule is CC(=O)N1CCc2c(cn(-c3ccc(F)cc3)c(=O)c2C(=O)N2CCn3cncc3C2)C1. The van der Waals surface area contributed by atoms with Crippen LogP contribution in [-0.2, 0) is 30.8 Å². The summed E-state index contributed by atoms with van der Waals surface area (Å²) in [5.41, 5.74) is 2.51. The summed E-state index contributed by atoms with van der Waals surface area (Å²) in [5, 5.41) is 0. The second-order valence-electron chi connectivity index (χ2n) is 8.16. The number of carbonyl (C=O) groups is 2. The van der Waals surface area contributed by atoms with E-state index in [2.05, 4.69) is 4.98 Å².